The van der Waals surface area contributed by atoms with Crippen molar-refractivity contribution in [3.8, 4) is 0 Å². The van der Waals surface area contributed by atoms with Gasteiger partial charge >= 0.3 is 0 Å². The van der Waals surface area contributed by atoms with E-state index >= 15 is 0 Å². The maximum atomic E-state index is 12.3. The minimum atomic E-state index is -0.965. The van der Waals surface area contributed by atoms with Crippen molar-refractivity contribution in [3.05, 3.63) is 88.4 Å². The molecule has 2 heterocycles. The van der Waals surface area contributed by atoms with Crippen LogP contribution in [-0.4, -0.2) is 27.1 Å². The highest BCUT2D eigenvalue weighted by Crippen LogP contribution is 2.24. The largest absolute Gasteiger partial charge is 0.385 e. The van der Waals surface area contributed by atoms with Crippen LogP contribution >= 0.6 is 11.3 Å². The van der Waals surface area contributed by atoms with Crippen molar-refractivity contribution in [1.82, 2.24) is 14.9 Å². The number of nitrogens with one attached hydrogen (secondary N) is 1. The van der Waals surface area contributed by atoms with Crippen LogP contribution in [0.1, 0.15) is 28.8 Å². The van der Waals surface area contributed by atoms with Crippen LogP contribution in [0.5, 0.6) is 0 Å². The van der Waals surface area contributed by atoms with Gasteiger partial charge in [-0.25, -0.2) is 4.98 Å². The Kier molecular flexibility index (Phi) is 6.03. The van der Waals surface area contributed by atoms with E-state index in [4.69, 9.17) is 0 Å². The van der Waals surface area contributed by atoms with Gasteiger partial charge in [0.15, 0.2) is 0 Å². The Morgan fingerprint density at radius 2 is 1.86 bits per heavy atom. The molecule has 0 bridgehead atoms. The first-order chi connectivity index (χ1) is 14.2. The molecule has 148 valence electrons. The molecule has 4 rings (SSSR count). The van der Waals surface area contributed by atoms with E-state index in [-0.39, 0.29) is 12.3 Å². The fourth-order valence-electron chi connectivity index (χ4n) is 3.40. The quantitative estimate of drug-likeness (QED) is 0.467. The summed E-state index contributed by atoms with van der Waals surface area (Å²) in [7, 11) is 0. The average Bonchev–Trinajstić information content (AvgIpc) is 3.37. The van der Waals surface area contributed by atoms with E-state index in [9.17, 15) is 9.90 Å². The summed E-state index contributed by atoms with van der Waals surface area (Å²) in [5, 5.41) is 15.7. The SMILES string of the molecule is O=C(C[C@@H](O)c1nc2ccccc2n1Cc1ccccc1)NCCc1cccs1. The fourth-order valence-corrected chi connectivity index (χ4v) is 4.11. The molecule has 6 heteroatoms. The van der Waals surface area contributed by atoms with Crippen molar-refractivity contribution in [1.29, 1.82) is 0 Å². The van der Waals surface area contributed by atoms with Crippen molar-refractivity contribution >= 4 is 28.3 Å². The molecular formula is C23H23N3O2S. The number of amides is 1. The van der Waals surface area contributed by atoms with Crippen LogP contribution in [0.3, 0.4) is 0 Å². The number of fused-ring (bicyclic) bond motifs is 1. The first kappa shape index (κ1) is 19.4. The third-order valence-corrected chi connectivity index (χ3v) is 5.75. The van der Waals surface area contributed by atoms with Crippen molar-refractivity contribution in [3.63, 3.8) is 0 Å². The van der Waals surface area contributed by atoms with Gasteiger partial charge in [0.05, 0.1) is 17.5 Å². The van der Waals surface area contributed by atoms with Gasteiger partial charge in [-0.2, -0.15) is 0 Å². The number of thiophene rings is 1. The molecule has 29 heavy (non-hydrogen) atoms. The summed E-state index contributed by atoms with van der Waals surface area (Å²) in [6.45, 7) is 1.15. The van der Waals surface area contributed by atoms with Gasteiger partial charge in [-0.3, -0.25) is 4.79 Å². The third-order valence-electron chi connectivity index (χ3n) is 4.82. The summed E-state index contributed by atoms with van der Waals surface area (Å²) < 4.78 is 1.99. The number of para-hydroxylation sites is 2. The zero-order valence-corrected chi connectivity index (χ0v) is 16.8. The highest BCUT2D eigenvalue weighted by molar-refractivity contribution is 7.09. The Labute approximate surface area is 173 Å². The van der Waals surface area contributed by atoms with Crippen LogP contribution in [0.15, 0.2) is 72.1 Å². The first-order valence-corrected chi connectivity index (χ1v) is 10.5. The van der Waals surface area contributed by atoms with E-state index in [1.54, 1.807) is 11.3 Å². The molecule has 0 saturated heterocycles. The van der Waals surface area contributed by atoms with Crippen molar-refractivity contribution in [2.75, 3.05) is 6.54 Å². The molecule has 1 amide bonds. The monoisotopic (exact) mass is 405 g/mol. The van der Waals surface area contributed by atoms with Crippen molar-refractivity contribution in [2.24, 2.45) is 0 Å². The molecule has 2 aromatic heterocycles. The van der Waals surface area contributed by atoms with Crippen molar-refractivity contribution in [2.45, 2.75) is 25.5 Å². The third kappa shape index (κ3) is 4.72. The Bertz CT molecular complexity index is 1070. The Balaban J connectivity index is 1.48. The maximum Gasteiger partial charge on any atom is 0.223 e. The number of carbonyl (C=O) groups is 1. The lowest BCUT2D eigenvalue weighted by Gasteiger charge is -2.14. The van der Waals surface area contributed by atoms with E-state index in [0.717, 1.165) is 23.0 Å². The summed E-state index contributed by atoms with van der Waals surface area (Å²) in [5.74, 6) is 0.343. The number of hydrogen-bond acceptors (Lipinski definition) is 4. The number of aliphatic hydroxyl groups excluding tert-OH is 1. The van der Waals surface area contributed by atoms with Gasteiger partial charge < -0.3 is 15.0 Å². The number of rotatable bonds is 8. The van der Waals surface area contributed by atoms with Gasteiger partial charge in [0, 0.05) is 18.0 Å². The van der Waals surface area contributed by atoms with Crippen LogP contribution in [0, 0.1) is 0 Å². The Morgan fingerprint density at radius 1 is 1.07 bits per heavy atom. The minimum absolute atomic E-state index is 0.0114. The Hall–Kier alpha value is -2.96. The predicted octanol–water partition coefficient (Wildman–Crippen LogP) is 3.93. The number of aromatic nitrogens is 2. The zero-order valence-electron chi connectivity index (χ0n) is 16.0. The van der Waals surface area contributed by atoms with Crippen LogP contribution in [0.2, 0.25) is 0 Å². The Morgan fingerprint density at radius 3 is 2.66 bits per heavy atom. The summed E-state index contributed by atoms with van der Waals surface area (Å²) >= 11 is 1.68. The number of hydrogen-bond donors (Lipinski definition) is 2. The second-order valence-corrected chi connectivity index (χ2v) is 7.96. The molecule has 0 aliphatic heterocycles. The maximum absolute atomic E-state index is 12.3. The van der Waals surface area contributed by atoms with Gasteiger partial charge in [-0.15, -0.1) is 11.3 Å². The number of nitrogens with zero attached hydrogens (tertiary/aromatic N) is 2. The standard InChI is InChI=1S/C23H23N3O2S/c27-21(15-22(28)24-13-12-18-9-6-14-29-18)23-25-19-10-4-5-11-20(19)26(23)16-17-7-2-1-3-8-17/h1-11,14,21,27H,12-13,15-16H2,(H,24,28)/t21-/m1/s1. The molecule has 0 unspecified atom stereocenters. The van der Waals surface area contributed by atoms with E-state index in [1.807, 2.05) is 70.6 Å². The zero-order chi connectivity index (χ0) is 20.1. The van der Waals surface area contributed by atoms with E-state index < -0.39 is 6.10 Å². The van der Waals surface area contributed by atoms with E-state index in [2.05, 4.69) is 16.4 Å². The molecule has 5 nitrogen and oxygen atoms in total. The van der Waals surface area contributed by atoms with Crippen molar-refractivity contribution < 1.29 is 9.90 Å². The molecule has 1 atom stereocenters. The van der Waals surface area contributed by atoms with Gasteiger partial charge in [-0.1, -0.05) is 48.5 Å². The summed E-state index contributed by atoms with van der Waals surface area (Å²) in [5.41, 5.74) is 2.88. The summed E-state index contributed by atoms with van der Waals surface area (Å²) in [6.07, 6.45) is -0.179. The van der Waals surface area contributed by atoms with E-state index in [1.165, 1.54) is 4.88 Å². The normalized spacial score (nSPS) is 12.2. The second kappa shape index (κ2) is 9.03. The molecule has 0 aliphatic carbocycles. The summed E-state index contributed by atoms with van der Waals surface area (Å²) in [4.78, 5) is 18.2. The van der Waals surface area contributed by atoms with E-state index in [0.29, 0.717) is 18.9 Å². The predicted molar refractivity (Wildman–Crippen MR) is 116 cm³/mol. The molecular weight excluding hydrogens is 382 g/mol. The minimum Gasteiger partial charge on any atom is -0.385 e. The van der Waals surface area contributed by atoms with Crippen LogP contribution in [0.25, 0.3) is 11.0 Å². The average molecular weight is 406 g/mol. The lowest BCUT2D eigenvalue weighted by Crippen LogP contribution is -2.27. The fraction of sp³-hybridized carbons (Fsp3) is 0.217. The number of carbonyl (C=O) groups excluding carboxylic acids is 1. The molecule has 2 N–H and O–H groups in total. The lowest BCUT2D eigenvalue weighted by molar-refractivity contribution is -0.123. The first-order valence-electron chi connectivity index (χ1n) is 9.67. The van der Waals surface area contributed by atoms with Gasteiger partial charge in [0.1, 0.15) is 11.9 Å². The number of aliphatic hydroxyl groups is 1. The number of imidazole rings is 1. The molecule has 0 radical (unpaired) electrons. The molecule has 4 aromatic rings. The van der Waals surface area contributed by atoms with Crippen LogP contribution in [-0.2, 0) is 17.8 Å². The molecule has 0 aliphatic rings. The summed E-state index contributed by atoms with van der Waals surface area (Å²) in [6, 6.07) is 21.9. The molecule has 2 aromatic carbocycles. The second-order valence-electron chi connectivity index (χ2n) is 6.93. The highest BCUT2D eigenvalue weighted by Gasteiger charge is 2.21. The van der Waals surface area contributed by atoms with Crippen LogP contribution in [0.4, 0.5) is 0 Å². The highest BCUT2D eigenvalue weighted by atomic mass is 32.1. The molecule has 0 saturated carbocycles. The number of benzene rings is 2. The van der Waals surface area contributed by atoms with Crippen LogP contribution < -0.4 is 5.32 Å². The van der Waals surface area contributed by atoms with Gasteiger partial charge in [0.2, 0.25) is 5.91 Å². The van der Waals surface area contributed by atoms with Gasteiger partial charge in [-0.05, 0) is 35.6 Å². The molecule has 0 spiro atoms. The molecule has 0 fully saturated rings. The van der Waals surface area contributed by atoms with Gasteiger partial charge in [0.25, 0.3) is 0 Å². The topological polar surface area (TPSA) is 67.1 Å². The smallest absolute Gasteiger partial charge is 0.223 e. The lowest BCUT2D eigenvalue weighted by atomic mass is 10.2.